The maximum absolute atomic E-state index is 6.07. The lowest BCUT2D eigenvalue weighted by Gasteiger charge is -2.40. The average Bonchev–Trinajstić information content (AvgIpc) is 1.77. The molecule has 1 nitrogen and oxygen atoms in total. The van der Waals surface area contributed by atoms with Gasteiger partial charge >= 0.3 is 0 Å². The van der Waals surface area contributed by atoms with Gasteiger partial charge in [0.2, 0.25) is 0 Å². The highest BCUT2D eigenvalue weighted by molar-refractivity contribution is 8.02. The minimum atomic E-state index is -0.725. The summed E-state index contributed by atoms with van der Waals surface area (Å²) >= 11 is 13.7. The normalized spacial score (nSPS) is 49.2. The molecule has 0 N–H and O–H groups in total. The molecule has 2 unspecified atom stereocenters. The van der Waals surface area contributed by atoms with Crippen LogP contribution in [-0.2, 0) is 4.74 Å². The molecule has 1 rings (SSSR count). The first kappa shape index (κ1) is 8.98. The summed E-state index contributed by atoms with van der Waals surface area (Å²) in [5.74, 6) is 0.919. The van der Waals surface area contributed by atoms with Crippen LogP contribution in [0.3, 0.4) is 0 Å². The second-order valence-corrected chi connectivity index (χ2v) is 5.75. The van der Waals surface area contributed by atoms with Gasteiger partial charge in [0, 0.05) is 5.75 Å². The molecule has 1 aliphatic rings. The van der Waals surface area contributed by atoms with Crippen LogP contribution in [0.25, 0.3) is 0 Å². The Morgan fingerprint density at radius 2 is 2.00 bits per heavy atom. The molecule has 60 valence electrons. The molecule has 1 fully saturated rings. The van der Waals surface area contributed by atoms with Crippen LogP contribution in [0.4, 0.5) is 0 Å². The van der Waals surface area contributed by atoms with Crippen molar-refractivity contribution in [2.45, 2.75) is 23.1 Å². The molecule has 0 radical (unpaired) electrons. The Morgan fingerprint density at radius 3 is 2.30 bits per heavy atom. The summed E-state index contributed by atoms with van der Waals surface area (Å²) in [5, 5.41) is -0.725. The fourth-order valence-electron chi connectivity index (χ4n) is 0.724. The maximum atomic E-state index is 6.07. The third-order valence-corrected chi connectivity index (χ3v) is 4.31. The Labute approximate surface area is 75.4 Å². The fraction of sp³-hybridized carbons (Fsp3) is 1.00. The Kier molecular flexibility index (Phi) is 2.46. The SMILES string of the molecule is CC1(Cl)OCCSC1(C)Cl. The quantitative estimate of drug-likeness (QED) is 0.557. The summed E-state index contributed by atoms with van der Waals surface area (Å²) in [4.78, 5) is 0. The second kappa shape index (κ2) is 2.74. The van der Waals surface area contributed by atoms with Crippen LogP contribution < -0.4 is 0 Å². The van der Waals surface area contributed by atoms with Gasteiger partial charge in [0.25, 0.3) is 0 Å². The molecule has 0 saturated carbocycles. The van der Waals surface area contributed by atoms with Crippen LogP contribution in [0, 0.1) is 0 Å². The van der Waals surface area contributed by atoms with Crippen LogP contribution in [0.15, 0.2) is 0 Å². The topological polar surface area (TPSA) is 9.23 Å². The first-order chi connectivity index (χ1) is 4.46. The van der Waals surface area contributed by atoms with E-state index in [0.717, 1.165) is 5.75 Å². The summed E-state index contributed by atoms with van der Waals surface area (Å²) in [7, 11) is 0. The monoisotopic (exact) mass is 200 g/mol. The van der Waals surface area contributed by atoms with Gasteiger partial charge in [-0.05, 0) is 13.8 Å². The summed E-state index contributed by atoms with van der Waals surface area (Å²) < 4.78 is 4.80. The van der Waals surface area contributed by atoms with Crippen molar-refractivity contribution in [2.75, 3.05) is 12.4 Å². The molecule has 2 atom stereocenters. The predicted octanol–water partition coefficient (Wildman–Crippen LogP) is 2.66. The summed E-state index contributed by atoms with van der Waals surface area (Å²) in [6, 6.07) is 0. The zero-order chi connectivity index (χ0) is 7.83. The van der Waals surface area contributed by atoms with Crippen LogP contribution in [0.2, 0.25) is 0 Å². The number of rotatable bonds is 0. The Morgan fingerprint density at radius 1 is 1.40 bits per heavy atom. The van der Waals surface area contributed by atoms with Gasteiger partial charge in [-0.25, -0.2) is 0 Å². The molecule has 0 spiro atoms. The minimum Gasteiger partial charge on any atom is -0.356 e. The van der Waals surface area contributed by atoms with Gasteiger partial charge in [0.05, 0.1) is 6.61 Å². The highest BCUT2D eigenvalue weighted by Crippen LogP contribution is 2.47. The van der Waals surface area contributed by atoms with Gasteiger partial charge in [0.1, 0.15) is 4.21 Å². The molecular formula is C6H10Cl2OS. The number of hydrogen-bond acceptors (Lipinski definition) is 2. The standard InChI is InChI=1S/C6H10Cl2OS/c1-5(7)6(2,8)10-4-3-9-5/h3-4H2,1-2H3. The van der Waals surface area contributed by atoms with E-state index in [0.29, 0.717) is 6.61 Å². The van der Waals surface area contributed by atoms with E-state index < -0.39 is 9.27 Å². The molecule has 1 heterocycles. The molecule has 0 aromatic carbocycles. The molecule has 0 aromatic rings. The molecule has 10 heavy (non-hydrogen) atoms. The molecule has 0 aromatic heterocycles. The van der Waals surface area contributed by atoms with E-state index in [1.165, 1.54) is 0 Å². The number of ether oxygens (including phenoxy) is 1. The summed E-state index contributed by atoms with van der Waals surface area (Å²) in [6.45, 7) is 4.37. The predicted molar refractivity (Wildman–Crippen MR) is 46.9 cm³/mol. The number of alkyl halides is 2. The van der Waals surface area contributed by atoms with Gasteiger partial charge in [-0.3, -0.25) is 0 Å². The van der Waals surface area contributed by atoms with E-state index in [1.54, 1.807) is 18.7 Å². The van der Waals surface area contributed by atoms with Crippen molar-refractivity contribution in [3.63, 3.8) is 0 Å². The first-order valence-electron chi connectivity index (χ1n) is 3.11. The number of hydrogen-bond donors (Lipinski definition) is 0. The van der Waals surface area contributed by atoms with Crippen molar-refractivity contribution in [3.05, 3.63) is 0 Å². The van der Waals surface area contributed by atoms with Crippen molar-refractivity contribution in [1.82, 2.24) is 0 Å². The molecule has 0 aliphatic carbocycles. The molecule has 1 saturated heterocycles. The van der Waals surface area contributed by atoms with Gasteiger partial charge in [-0.1, -0.05) is 11.6 Å². The third-order valence-electron chi connectivity index (χ3n) is 1.63. The van der Waals surface area contributed by atoms with Crippen molar-refractivity contribution in [3.8, 4) is 0 Å². The van der Waals surface area contributed by atoms with Crippen molar-refractivity contribution >= 4 is 35.0 Å². The van der Waals surface area contributed by atoms with E-state index >= 15 is 0 Å². The first-order valence-corrected chi connectivity index (χ1v) is 4.86. The third kappa shape index (κ3) is 1.55. The van der Waals surface area contributed by atoms with Gasteiger partial charge in [-0.2, -0.15) is 0 Å². The van der Waals surface area contributed by atoms with E-state index in [4.69, 9.17) is 27.9 Å². The maximum Gasteiger partial charge on any atom is 0.166 e. The Balaban J connectivity index is 2.70. The van der Waals surface area contributed by atoms with E-state index in [-0.39, 0.29) is 0 Å². The largest absolute Gasteiger partial charge is 0.356 e. The van der Waals surface area contributed by atoms with Crippen molar-refractivity contribution in [1.29, 1.82) is 0 Å². The molecular weight excluding hydrogens is 191 g/mol. The van der Waals surface area contributed by atoms with E-state index in [2.05, 4.69) is 0 Å². The van der Waals surface area contributed by atoms with Gasteiger partial charge < -0.3 is 4.74 Å². The smallest absolute Gasteiger partial charge is 0.166 e. The summed E-state index contributed by atoms with van der Waals surface area (Å²) in [5.41, 5.74) is 0. The lowest BCUT2D eigenvalue weighted by Crippen LogP contribution is -2.44. The highest BCUT2D eigenvalue weighted by atomic mass is 35.5. The van der Waals surface area contributed by atoms with Crippen LogP contribution in [0.1, 0.15) is 13.8 Å². The lowest BCUT2D eigenvalue weighted by atomic mass is 10.3. The molecule has 1 aliphatic heterocycles. The Bertz CT molecular complexity index is 120. The van der Waals surface area contributed by atoms with Crippen LogP contribution >= 0.6 is 35.0 Å². The summed E-state index contributed by atoms with van der Waals surface area (Å²) in [6.07, 6.45) is 0. The molecule has 0 amide bonds. The Hall–Kier alpha value is 0.890. The van der Waals surface area contributed by atoms with E-state index in [1.807, 2.05) is 6.92 Å². The van der Waals surface area contributed by atoms with Gasteiger partial charge in [0.15, 0.2) is 5.06 Å². The number of halogens is 2. The molecule has 4 heteroatoms. The van der Waals surface area contributed by atoms with Crippen LogP contribution in [0.5, 0.6) is 0 Å². The fourth-order valence-corrected chi connectivity index (χ4v) is 2.12. The minimum absolute atomic E-state index is 0.493. The number of thioether (sulfide) groups is 1. The molecule has 0 bridgehead atoms. The zero-order valence-electron chi connectivity index (χ0n) is 5.99. The zero-order valence-corrected chi connectivity index (χ0v) is 8.31. The van der Waals surface area contributed by atoms with Gasteiger partial charge in [-0.15, -0.1) is 23.4 Å². The second-order valence-electron chi connectivity index (χ2n) is 2.53. The van der Waals surface area contributed by atoms with Crippen molar-refractivity contribution in [2.24, 2.45) is 0 Å². The highest BCUT2D eigenvalue weighted by Gasteiger charge is 2.45. The van der Waals surface area contributed by atoms with E-state index in [9.17, 15) is 0 Å². The average molecular weight is 201 g/mol. The van der Waals surface area contributed by atoms with Crippen LogP contribution in [-0.4, -0.2) is 21.6 Å². The van der Waals surface area contributed by atoms with Crippen molar-refractivity contribution < 1.29 is 4.74 Å². The lowest BCUT2D eigenvalue weighted by molar-refractivity contribution is 0.0290.